The summed E-state index contributed by atoms with van der Waals surface area (Å²) in [5.74, 6) is -0.630. The summed E-state index contributed by atoms with van der Waals surface area (Å²) in [6.45, 7) is 3.42. The number of nitrogens with zero attached hydrogens (tertiary/aromatic N) is 1. The number of ether oxygens (including phenoxy) is 1. The van der Waals surface area contributed by atoms with Crippen LogP contribution < -0.4 is 10.8 Å². The monoisotopic (exact) mass is 391 g/mol. The summed E-state index contributed by atoms with van der Waals surface area (Å²) in [4.78, 5) is 24.6. The van der Waals surface area contributed by atoms with E-state index in [1.807, 2.05) is 25.1 Å². The highest BCUT2D eigenvalue weighted by Crippen LogP contribution is 2.30. The molecule has 2 rings (SSSR count). The predicted octanol–water partition coefficient (Wildman–Crippen LogP) is 2.42. The Labute approximate surface area is 163 Å². The van der Waals surface area contributed by atoms with Gasteiger partial charge in [-0.1, -0.05) is 18.2 Å². The molecule has 1 aromatic rings. The lowest BCUT2D eigenvalue weighted by molar-refractivity contribution is -0.117. The number of nitrogens with one attached hydrogen (secondary N) is 2. The second-order valence-corrected chi connectivity index (χ2v) is 7.25. The fraction of sp³-hybridized carbons (Fsp3) is 0.368. The third-order valence-electron chi connectivity index (χ3n) is 4.16. The Kier molecular flexibility index (Phi) is 8.38. The molecule has 0 bridgehead atoms. The number of carbonyl (C=O) groups is 2. The third kappa shape index (κ3) is 6.42. The number of hydrogen-bond acceptors (Lipinski definition) is 6. The molecule has 2 amide bonds. The Morgan fingerprint density at radius 2 is 2.04 bits per heavy atom. The number of allylic oxidation sites excluding steroid dienone is 2. The van der Waals surface area contributed by atoms with Crippen LogP contribution in [-0.4, -0.2) is 47.6 Å². The van der Waals surface area contributed by atoms with E-state index in [-0.39, 0.29) is 11.9 Å². The number of carbonyl (C=O) groups excluding carboxylic acids is 2. The van der Waals surface area contributed by atoms with Crippen LogP contribution in [0.25, 0.3) is 0 Å². The summed E-state index contributed by atoms with van der Waals surface area (Å²) in [5, 5.41) is 12.0. The van der Waals surface area contributed by atoms with Crippen molar-refractivity contribution in [1.29, 1.82) is 0 Å². The maximum absolute atomic E-state index is 11.9. The third-order valence-corrected chi connectivity index (χ3v) is 5.32. The van der Waals surface area contributed by atoms with Crippen LogP contribution in [0.15, 0.2) is 47.6 Å². The van der Waals surface area contributed by atoms with Crippen LogP contribution in [0.5, 0.6) is 0 Å². The van der Waals surface area contributed by atoms with Gasteiger partial charge in [0, 0.05) is 30.1 Å². The Hall–Kier alpha value is -2.29. The average Bonchev–Trinajstić information content (AvgIpc) is 2.66. The number of methoxy groups -OCH3 is 1. The summed E-state index contributed by atoms with van der Waals surface area (Å²) < 4.78 is 6.93. The van der Waals surface area contributed by atoms with Crippen LogP contribution in [0.4, 0.5) is 0 Å². The van der Waals surface area contributed by atoms with Crippen molar-refractivity contribution in [3.63, 3.8) is 0 Å². The van der Waals surface area contributed by atoms with Crippen molar-refractivity contribution in [3.05, 3.63) is 53.8 Å². The van der Waals surface area contributed by atoms with Crippen LogP contribution in [0.1, 0.15) is 28.8 Å². The van der Waals surface area contributed by atoms with Gasteiger partial charge in [-0.25, -0.2) is 9.79 Å². The summed E-state index contributed by atoms with van der Waals surface area (Å²) in [6, 6.07) is 5.73. The number of rotatable bonds is 7. The van der Waals surface area contributed by atoms with E-state index in [2.05, 4.69) is 9.62 Å². The van der Waals surface area contributed by atoms with Gasteiger partial charge < -0.3 is 10.1 Å². The van der Waals surface area contributed by atoms with Crippen molar-refractivity contribution < 1.29 is 19.5 Å². The quantitative estimate of drug-likeness (QED) is 0.165. The van der Waals surface area contributed by atoms with Gasteiger partial charge in [-0.3, -0.25) is 14.8 Å². The van der Waals surface area contributed by atoms with E-state index < -0.39 is 5.91 Å². The molecular weight excluding hydrogens is 366 g/mol. The van der Waals surface area contributed by atoms with E-state index in [0.717, 1.165) is 36.4 Å². The van der Waals surface area contributed by atoms with Crippen LogP contribution in [0.3, 0.4) is 0 Å². The van der Waals surface area contributed by atoms with Gasteiger partial charge in [-0.15, -0.1) is 0 Å². The standard InChI is InChI=1S/C19H25N3O4S/c1-14-6-5-7-16(18(14)19(24)21-25)27-22-11-9-15(10-12-22)20-17(23)8-3-4-13-26-2/h3-8,13,15,25H,9-12H2,1-2H3,(H,20,23)(H,21,24)/b8-3?,13-4-. The molecule has 0 aromatic heterocycles. The van der Waals surface area contributed by atoms with Gasteiger partial charge in [0.25, 0.3) is 5.91 Å². The molecule has 146 valence electrons. The van der Waals surface area contributed by atoms with Gasteiger partial charge in [0.2, 0.25) is 5.91 Å². The van der Waals surface area contributed by atoms with Gasteiger partial charge >= 0.3 is 0 Å². The molecule has 0 aliphatic carbocycles. The Bertz CT molecular complexity index is 713. The molecular formula is C19H25N3O4S. The molecule has 1 aliphatic rings. The van der Waals surface area contributed by atoms with Crippen molar-refractivity contribution in [3.8, 4) is 0 Å². The molecule has 7 nitrogen and oxygen atoms in total. The first kappa shape index (κ1) is 21.0. The number of piperidine rings is 1. The van der Waals surface area contributed by atoms with Gasteiger partial charge in [0.15, 0.2) is 0 Å². The molecule has 1 fully saturated rings. The lowest BCUT2D eigenvalue weighted by Gasteiger charge is -2.31. The molecule has 3 N–H and O–H groups in total. The minimum atomic E-state index is -0.507. The van der Waals surface area contributed by atoms with E-state index in [1.54, 1.807) is 24.7 Å². The molecule has 0 radical (unpaired) electrons. The molecule has 0 spiro atoms. The van der Waals surface area contributed by atoms with Crippen LogP contribution in [0, 0.1) is 6.92 Å². The Balaban J connectivity index is 1.87. The van der Waals surface area contributed by atoms with Crippen molar-refractivity contribution in [2.24, 2.45) is 0 Å². The van der Waals surface area contributed by atoms with Gasteiger partial charge in [-0.05, 0) is 49.4 Å². The minimum absolute atomic E-state index is 0.123. The summed E-state index contributed by atoms with van der Waals surface area (Å²) in [7, 11) is 1.55. The minimum Gasteiger partial charge on any atom is -0.504 e. The molecule has 27 heavy (non-hydrogen) atoms. The number of hydrogen-bond donors (Lipinski definition) is 3. The Morgan fingerprint density at radius 3 is 2.70 bits per heavy atom. The van der Waals surface area contributed by atoms with E-state index in [4.69, 9.17) is 9.94 Å². The van der Waals surface area contributed by atoms with Crippen molar-refractivity contribution >= 4 is 23.8 Å². The highest BCUT2D eigenvalue weighted by atomic mass is 32.2. The second kappa shape index (κ2) is 10.8. The maximum Gasteiger partial charge on any atom is 0.276 e. The summed E-state index contributed by atoms with van der Waals surface area (Å²) in [5.41, 5.74) is 3.01. The van der Waals surface area contributed by atoms with E-state index in [0.29, 0.717) is 5.56 Å². The molecule has 1 saturated heterocycles. The number of aryl methyl sites for hydroxylation is 1. The first-order valence-corrected chi connectivity index (χ1v) is 9.46. The van der Waals surface area contributed by atoms with Crippen LogP contribution in [0.2, 0.25) is 0 Å². The lowest BCUT2D eigenvalue weighted by atomic mass is 10.1. The number of benzene rings is 1. The smallest absolute Gasteiger partial charge is 0.276 e. The number of hydroxylamine groups is 1. The van der Waals surface area contributed by atoms with Gasteiger partial charge in [0.1, 0.15) is 0 Å². The normalized spacial score (nSPS) is 16.0. The topological polar surface area (TPSA) is 90.9 Å². The number of amides is 2. The molecule has 1 heterocycles. The van der Waals surface area contributed by atoms with Gasteiger partial charge in [-0.2, -0.15) is 0 Å². The zero-order valence-corrected chi connectivity index (χ0v) is 16.3. The fourth-order valence-electron chi connectivity index (χ4n) is 2.81. The summed E-state index contributed by atoms with van der Waals surface area (Å²) >= 11 is 1.50. The van der Waals surface area contributed by atoms with Crippen molar-refractivity contribution in [2.75, 3.05) is 20.2 Å². The second-order valence-electron chi connectivity index (χ2n) is 6.12. The Morgan fingerprint density at radius 1 is 1.30 bits per heavy atom. The molecule has 8 heteroatoms. The highest BCUT2D eigenvalue weighted by Gasteiger charge is 2.23. The molecule has 0 unspecified atom stereocenters. The molecule has 1 aromatic carbocycles. The van der Waals surface area contributed by atoms with E-state index >= 15 is 0 Å². The van der Waals surface area contributed by atoms with Crippen LogP contribution in [-0.2, 0) is 9.53 Å². The predicted molar refractivity (Wildman–Crippen MR) is 104 cm³/mol. The van der Waals surface area contributed by atoms with Gasteiger partial charge in [0.05, 0.1) is 18.9 Å². The lowest BCUT2D eigenvalue weighted by Crippen LogP contribution is -2.42. The zero-order chi connectivity index (χ0) is 19.6. The molecule has 1 aliphatic heterocycles. The van der Waals surface area contributed by atoms with E-state index in [1.165, 1.54) is 24.3 Å². The van der Waals surface area contributed by atoms with Crippen LogP contribution >= 0.6 is 11.9 Å². The molecule has 0 atom stereocenters. The van der Waals surface area contributed by atoms with Crippen molar-refractivity contribution in [2.45, 2.75) is 30.7 Å². The zero-order valence-electron chi connectivity index (χ0n) is 15.5. The summed E-state index contributed by atoms with van der Waals surface area (Å²) in [6.07, 6.45) is 7.91. The first-order valence-electron chi connectivity index (χ1n) is 8.68. The fourth-order valence-corrected chi connectivity index (χ4v) is 3.97. The largest absolute Gasteiger partial charge is 0.504 e. The van der Waals surface area contributed by atoms with Crippen molar-refractivity contribution in [1.82, 2.24) is 15.1 Å². The highest BCUT2D eigenvalue weighted by molar-refractivity contribution is 7.97. The first-order chi connectivity index (χ1) is 13.0. The SMILES string of the molecule is CO/C=C\C=CC(=O)NC1CCN(Sc2cccc(C)c2C(=O)NO)CC1. The average molecular weight is 391 g/mol. The maximum atomic E-state index is 11.9. The molecule has 0 saturated carbocycles. The van der Waals surface area contributed by atoms with E-state index in [9.17, 15) is 9.59 Å².